The summed E-state index contributed by atoms with van der Waals surface area (Å²) in [4.78, 5) is 15.3. The molecule has 0 aliphatic heterocycles. The molecule has 0 unspecified atom stereocenters. The first-order valence-electron chi connectivity index (χ1n) is 4.65. The van der Waals surface area contributed by atoms with Crippen LogP contribution in [-0.2, 0) is 4.74 Å². The zero-order valence-electron chi connectivity index (χ0n) is 7.95. The summed E-state index contributed by atoms with van der Waals surface area (Å²) < 4.78 is 9.95. The molecule has 0 radical (unpaired) electrons. The number of rotatable bonds is 3. The summed E-state index contributed by atoms with van der Waals surface area (Å²) in [5.41, 5.74) is 5.61. The topological polar surface area (TPSA) is 78.3 Å². The molecule has 1 saturated carbocycles. The van der Waals surface area contributed by atoms with Gasteiger partial charge in [0.2, 0.25) is 17.5 Å². The summed E-state index contributed by atoms with van der Waals surface area (Å²) in [5.74, 6) is 0.456. The van der Waals surface area contributed by atoms with Crippen molar-refractivity contribution in [2.45, 2.75) is 25.7 Å². The molecule has 5 nitrogen and oxygen atoms in total. The van der Waals surface area contributed by atoms with Gasteiger partial charge < -0.3 is 14.9 Å². The van der Waals surface area contributed by atoms with Crippen LogP contribution in [0.1, 0.15) is 42.1 Å². The van der Waals surface area contributed by atoms with E-state index in [9.17, 15) is 4.79 Å². The maximum atomic E-state index is 11.3. The molecule has 0 aromatic carbocycles. The van der Waals surface area contributed by atoms with Crippen LogP contribution in [0.5, 0.6) is 0 Å². The Hall–Kier alpha value is -1.52. The molecular weight excluding hydrogens is 184 g/mol. The smallest absolute Gasteiger partial charge is 0.362 e. The lowest BCUT2D eigenvalue weighted by molar-refractivity contribution is 0.0521. The molecule has 5 heteroatoms. The Labute approximate surface area is 81.2 Å². The highest BCUT2D eigenvalue weighted by molar-refractivity contribution is 5.91. The lowest BCUT2D eigenvalue weighted by atomic mass is 10.4. The second-order valence-corrected chi connectivity index (χ2v) is 3.26. The molecule has 1 heterocycles. The van der Waals surface area contributed by atoms with Crippen LogP contribution in [-0.4, -0.2) is 17.6 Å². The molecule has 2 N–H and O–H groups in total. The van der Waals surface area contributed by atoms with E-state index in [4.69, 9.17) is 14.9 Å². The van der Waals surface area contributed by atoms with E-state index in [1.54, 1.807) is 6.92 Å². The van der Waals surface area contributed by atoms with E-state index in [2.05, 4.69) is 4.98 Å². The van der Waals surface area contributed by atoms with Crippen molar-refractivity contribution in [1.29, 1.82) is 0 Å². The third-order valence-electron chi connectivity index (χ3n) is 2.07. The van der Waals surface area contributed by atoms with Crippen LogP contribution in [0.3, 0.4) is 0 Å². The van der Waals surface area contributed by atoms with E-state index in [0.717, 1.165) is 12.8 Å². The zero-order valence-corrected chi connectivity index (χ0v) is 7.95. The van der Waals surface area contributed by atoms with E-state index in [-0.39, 0.29) is 11.6 Å². The minimum absolute atomic E-state index is 0.0605. The number of carbonyl (C=O) groups excluding carboxylic acids is 1. The van der Waals surface area contributed by atoms with Gasteiger partial charge in [0, 0.05) is 5.92 Å². The number of hydrogen-bond acceptors (Lipinski definition) is 5. The molecule has 0 atom stereocenters. The van der Waals surface area contributed by atoms with Crippen molar-refractivity contribution in [3.05, 3.63) is 11.6 Å². The number of nitrogens with two attached hydrogens (primary N) is 1. The van der Waals surface area contributed by atoms with Crippen molar-refractivity contribution in [3.8, 4) is 0 Å². The first-order valence-corrected chi connectivity index (χ1v) is 4.65. The average molecular weight is 196 g/mol. The van der Waals surface area contributed by atoms with Gasteiger partial charge in [-0.1, -0.05) is 0 Å². The van der Waals surface area contributed by atoms with Crippen molar-refractivity contribution < 1.29 is 13.9 Å². The van der Waals surface area contributed by atoms with Gasteiger partial charge >= 0.3 is 5.97 Å². The SMILES string of the molecule is CCOC(=O)c1nc(C2CC2)oc1N. The molecule has 76 valence electrons. The van der Waals surface area contributed by atoms with Crippen LogP contribution >= 0.6 is 0 Å². The maximum Gasteiger partial charge on any atom is 0.362 e. The van der Waals surface area contributed by atoms with Crippen molar-refractivity contribution in [1.82, 2.24) is 4.98 Å². The van der Waals surface area contributed by atoms with E-state index in [0.29, 0.717) is 18.4 Å². The van der Waals surface area contributed by atoms with Crippen molar-refractivity contribution in [3.63, 3.8) is 0 Å². The summed E-state index contributed by atoms with van der Waals surface area (Å²) in [5, 5.41) is 0. The Bertz CT molecular complexity index is 355. The lowest BCUT2D eigenvalue weighted by Crippen LogP contribution is -2.07. The Balaban J connectivity index is 2.19. The number of aromatic nitrogens is 1. The highest BCUT2D eigenvalue weighted by atomic mass is 16.5. The fourth-order valence-corrected chi connectivity index (χ4v) is 1.20. The predicted molar refractivity (Wildman–Crippen MR) is 48.8 cm³/mol. The fourth-order valence-electron chi connectivity index (χ4n) is 1.20. The monoisotopic (exact) mass is 196 g/mol. The quantitative estimate of drug-likeness (QED) is 0.737. The predicted octanol–water partition coefficient (Wildman–Crippen LogP) is 1.31. The first kappa shape index (κ1) is 9.05. The second kappa shape index (κ2) is 3.32. The highest BCUT2D eigenvalue weighted by Gasteiger charge is 2.31. The Morgan fingerprint density at radius 3 is 3.00 bits per heavy atom. The summed E-state index contributed by atoms with van der Waals surface area (Å²) in [6.07, 6.45) is 2.12. The molecule has 0 bridgehead atoms. The minimum Gasteiger partial charge on any atom is -0.461 e. The van der Waals surface area contributed by atoms with Crippen molar-refractivity contribution in [2.24, 2.45) is 0 Å². The molecule has 1 fully saturated rings. The zero-order chi connectivity index (χ0) is 10.1. The maximum absolute atomic E-state index is 11.3. The van der Waals surface area contributed by atoms with Crippen LogP contribution in [0.15, 0.2) is 4.42 Å². The third-order valence-corrected chi connectivity index (χ3v) is 2.07. The normalized spacial score (nSPS) is 15.5. The average Bonchev–Trinajstić information content (AvgIpc) is 2.91. The van der Waals surface area contributed by atoms with E-state index in [1.165, 1.54) is 0 Å². The standard InChI is InChI=1S/C9H12N2O3/c1-2-13-9(12)6-7(10)14-8(11-6)5-3-4-5/h5H,2-4,10H2,1H3. The molecule has 1 aliphatic carbocycles. The summed E-state index contributed by atoms with van der Waals surface area (Å²) in [7, 11) is 0. The van der Waals surface area contributed by atoms with Gasteiger partial charge in [-0.2, -0.15) is 0 Å². The Morgan fingerprint density at radius 1 is 1.71 bits per heavy atom. The summed E-state index contributed by atoms with van der Waals surface area (Å²) >= 11 is 0. The number of nitrogen functional groups attached to an aromatic ring is 1. The third kappa shape index (κ3) is 1.57. The number of hydrogen-bond donors (Lipinski definition) is 1. The van der Waals surface area contributed by atoms with Gasteiger partial charge in [0.15, 0.2) is 0 Å². The Morgan fingerprint density at radius 2 is 2.43 bits per heavy atom. The molecule has 0 saturated heterocycles. The second-order valence-electron chi connectivity index (χ2n) is 3.26. The minimum atomic E-state index is -0.513. The molecule has 1 aliphatic rings. The van der Waals surface area contributed by atoms with Gasteiger partial charge in [0.25, 0.3) is 0 Å². The van der Waals surface area contributed by atoms with Crippen LogP contribution in [0.4, 0.5) is 5.88 Å². The van der Waals surface area contributed by atoms with Crippen LogP contribution in [0.25, 0.3) is 0 Å². The number of oxazole rings is 1. The molecule has 1 aromatic rings. The largest absolute Gasteiger partial charge is 0.461 e. The van der Waals surface area contributed by atoms with Crippen molar-refractivity contribution >= 4 is 11.9 Å². The van der Waals surface area contributed by atoms with Crippen LogP contribution in [0.2, 0.25) is 0 Å². The number of carbonyl (C=O) groups is 1. The van der Waals surface area contributed by atoms with Gasteiger partial charge in [0.1, 0.15) is 0 Å². The lowest BCUT2D eigenvalue weighted by Gasteiger charge is -1.96. The number of esters is 1. The van der Waals surface area contributed by atoms with Gasteiger partial charge in [0.05, 0.1) is 6.61 Å². The summed E-state index contributed by atoms with van der Waals surface area (Å²) in [6.45, 7) is 2.04. The molecule has 1 aromatic heterocycles. The molecular formula is C9H12N2O3. The van der Waals surface area contributed by atoms with E-state index < -0.39 is 5.97 Å². The van der Waals surface area contributed by atoms with Gasteiger partial charge in [-0.05, 0) is 19.8 Å². The van der Waals surface area contributed by atoms with E-state index in [1.807, 2.05) is 0 Å². The van der Waals surface area contributed by atoms with Crippen molar-refractivity contribution in [2.75, 3.05) is 12.3 Å². The molecule has 0 amide bonds. The van der Waals surface area contributed by atoms with E-state index >= 15 is 0 Å². The Kier molecular flexibility index (Phi) is 2.15. The van der Waals surface area contributed by atoms with Crippen LogP contribution < -0.4 is 5.73 Å². The van der Waals surface area contributed by atoms with Gasteiger partial charge in [-0.15, -0.1) is 0 Å². The summed E-state index contributed by atoms with van der Waals surface area (Å²) in [6, 6.07) is 0. The van der Waals surface area contributed by atoms with Crippen LogP contribution in [0, 0.1) is 0 Å². The number of ether oxygens (including phenoxy) is 1. The molecule has 14 heavy (non-hydrogen) atoms. The molecule has 0 spiro atoms. The highest BCUT2D eigenvalue weighted by Crippen LogP contribution is 2.40. The number of anilines is 1. The first-order chi connectivity index (χ1) is 6.72. The molecule has 2 rings (SSSR count). The van der Waals surface area contributed by atoms with Gasteiger partial charge in [-0.3, -0.25) is 0 Å². The number of nitrogens with zero attached hydrogens (tertiary/aromatic N) is 1. The fraction of sp³-hybridized carbons (Fsp3) is 0.556. The van der Waals surface area contributed by atoms with Gasteiger partial charge in [-0.25, -0.2) is 9.78 Å².